The van der Waals surface area contributed by atoms with Crippen LogP contribution in [0.25, 0.3) is 0 Å². The highest BCUT2D eigenvalue weighted by atomic mass is 16.3. The summed E-state index contributed by atoms with van der Waals surface area (Å²) in [6, 6.07) is 5.01. The second-order valence-corrected chi connectivity index (χ2v) is 2.73. The maximum absolute atomic E-state index is 11.3. The summed E-state index contributed by atoms with van der Waals surface area (Å²) >= 11 is 0. The molecule has 0 aliphatic carbocycles. The zero-order valence-corrected chi connectivity index (χ0v) is 7.29. The first-order valence-electron chi connectivity index (χ1n) is 3.98. The van der Waals surface area contributed by atoms with Crippen LogP contribution in [0.15, 0.2) is 18.2 Å². The van der Waals surface area contributed by atoms with Crippen molar-refractivity contribution in [1.29, 1.82) is 0 Å². The van der Waals surface area contributed by atoms with Crippen LogP contribution in [0.1, 0.15) is 29.3 Å². The van der Waals surface area contributed by atoms with Crippen LogP contribution >= 0.6 is 0 Å². The standard InChI is InChI=1S/C10H12O2/c1-3-9(11)8-5-4-6-10(12)7(8)2/h4-6,12H,3H2,1-2H3. The van der Waals surface area contributed by atoms with Crippen molar-refractivity contribution in [2.75, 3.05) is 0 Å². The Morgan fingerprint density at radius 1 is 1.50 bits per heavy atom. The highest BCUT2D eigenvalue weighted by molar-refractivity contribution is 5.97. The van der Waals surface area contributed by atoms with Gasteiger partial charge in [0.2, 0.25) is 0 Å². The third kappa shape index (κ3) is 1.47. The van der Waals surface area contributed by atoms with E-state index in [4.69, 9.17) is 0 Å². The number of rotatable bonds is 2. The van der Waals surface area contributed by atoms with E-state index >= 15 is 0 Å². The van der Waals surface area contributed by atoms with E-state index in [1.165, 1.54) is 0 Å². The lowest BCUT2D eigenvalue weighted by atomic mass is 10.0. The average Bonchev–Trinajstić information content (AvgIpc) is 2.08. The maximum atomic E-state index is 11.3. The van der Waals surface area contributed by atoms with E-state index in [0.717, 1.165) is 0 Å². The van der Waals surface area contributed by atoms with E-state index in [1.807, 2.05) is 6.92 Å². The highest BCUT2D eigenvalue weighted by Crippen LogP contribution is 2.20. The van der Waals surface area contributed by atoms with Crippen molar-refractivity contribution in [3.63, 3.8) is 0 Å². The third-order valence-corrected chi connectivity index (χ3v) is 1.93. The van der Waals surface area contributed by atoms with Gasteiger partial charge in [0.1, 0.15) is 5.75 Å². The summed E-state index contributed by atoms with van der Waals surface area (Å²) in [4.78, 5) is 11.3. The molecule has 0 spiro atoms. The minimum Gasteiger partial charge on any atom is -0.508 e. The van der Waals surface area contributed by atoms with Crippen molar-refractivity contribution in [2.45, 2.75) is 20.3 Å². The van der Waals surface area contributed by atoms with E-state index in [0.29, 0.717) is 17.5 Å². The molecule has 0 unspecified atom stereocenters. The average molecular weight is 164 g/mol. The summed E-state index contributed by atoms with van der Waals surface area (Å²) in [7, 11) is 0. The largest absolute Gasteiger partial charge is 0.508 e. The zero-order chi connectivity index (χ0) is 9.14. The highest BCUT2D eigenvalue weighted by Gasteiger charge is 2.08. The van der Waals surface area contributed by atoms with E-state index in [9.17, 15) is 9.90 Å². The fraction of sp³-hybridized carbons (Fsp3) is 0.300. The quantitative estimate of drug-likeness (QED) is 0.681. The van der Waals surface area contributed by atoms with Crippen molar-refractivity contribution in [3.05, 3.63) is 29.3 Å². The number of hydrogen-bond acceptors (Lipinski definition) is 2. The van der Waals surface area contributed by atoms with Gasteiger partial charge in [-0.05, 0) is 13.0 Å². The van der Waals surface area contributed by atoms with Gasteiger partial charge in [-0.15, -0.1) is 0 Å². The van der Waals surface area contributed by atoms with Gasteiger partial charge in [-0.25, -0.2) is 0 Å². The minimum atomic E-state index is 0.0726. The van der Waals surface area contributed by atoms with Crippen molar-refractivity contribution in [1.82, 2.24) is 0 Å². The second-order valence-electron chi connectivity index (χ2n) is 2.73. The number of hydrogen-bond donors (Lipinski definition) is 1. The van der Waals surface area contributed by atoms with Crippen LogP contribution in [-0.2, 0) is 0 Å². The molecule has 0 aliphatic heterocycles. The molecule has 0 fully saturated rings. The molecule has 0 bridgehead atoms. The van der Waals surface area contributed by atoms with E-state index < -0.39 is 0 Å². The fourth-order valence-corrected chi connectivity index (χ4v) is 1.12. The number of ketones is 1. The van der Waals surface area contributed by atoms with Gasteiger partial charge < -0.3 is 5.11 Å². The normalized spacial score (nSPS) is 9.83. The first-order chi connectivity index (χ1) is 5.66. The molecule has 0 aromatic heterocycles. The Labute approximate surface area is 71.8 Å². The molecule has 0 radical (unpaired) electrons. The lowest BCUT2D eigenvalue weighted by Crippen LogP contribution is -1.99. The van der Waals surface area contributed by atoms with Crippen molar-refractivity contribution < 1.29 is 9.90 Å². The molecule has 2 heteroatoms. The predicted octanol–water partition coefficient (Wildman–Crippen LogP) is 2.29. The molecule has 0 atom stereocenters. The van der Waals surface area contributed by atoms with Gasteiger partial charge in [0.15, 0.2) is 5.78 Å². The molecule has 0 amide bonds. The van der Waals surface area contributed by atoms with Crippen molar-refractivity contribution in [3.8, 4) is 5.75 Å². The molecular formula is C10H12O2. The van der Waals surface area contributed by atoms with Crippen molar-refractivity contribution >= 4 is 5.78 Å². The fourth-order valence-electron chi connectivity index (χ4n) is 1.12. The smallest absolute Gasteiger partial charge is 0.163 e. The van der Waals surface area contributed by atoms with Gasteiger partial charge in [-0.1, -0.05) is 19.1 Å². The van der Waals surface area contributed by atoms with Crippen LogP contribution < -0.4 is 0 Å². The Morgan fingerprint density at radius 3 is 2.75 bits per heavy atom. The van der Waals surface area contributed by atoms with Gasteiger partial charge in [0.25, 0.3) is 0 Å². The number of carbonyl (C=O) groups is 1. The Balaban J connectivity index is 3.16. The van der Waals surface area contributed by atoms with Gasteiger partial charge in [-0.2, -0.15) is 0 Å². The van der Waals surface area contributed by atoms with Gasteiger partial charge in [0.05, 0.1) is 0 Å². The van der Waals surface area contributed by atoms with Crippen LogP contribution in [-0.4, -0.2) is 10.9 Å². The Bertz CT molecular complexity index is 303. The number of phenols is 1. The van der Waals surface area contributed by atoms with E-state index in [-0.39, 0.29) is 11.5 Å². The molecule has 0 saturated heterocycles. The third-order valence-electron chi connectivity index (χ3n) is 1.93. The van der Waals surface area contributed by atoms with Gasteiger partial charge >= 0.3 is 0 Å². The number of phenolic OH excluding ortho intramolecular Hbond substituents is 1. The van der Waals surface area contributed by atoms with Crippen LogP contribution in [0.5, 0.6) is 5.75 Å². The molecule has 0 heterocycles. The summed E-state index contributed by atoms with van der Waals surface area (Å²) in [5.41, 5.74) is 1.29. The molecular weight excluding hydrogens is 152 g/mol. The van der Waals surface area contributed by atoms with E-state index in [1.54, 1.807) is 25.1 Å². The number of Topliss-reactive ketones (excluding diaryl/α,β-unsaturated/α-hetero) is 1. The van der Waals surface area contributed by atoms with E-state index in [2.05, 4.69) is 0 Å². The van der Waals surface area contributed by atoms with Gasteiger partial charge in [-0.3, -0.25) is 4.79 Å². The minimum absolute atomic E-state index is 0.0726. The van der Waals surface area contributed by atoms with Crippen LogP contribution in [0, 0.1) is 6.92 Å². The first-order valence-corrected chi connectivity index (χ1v) is 3.98. The second kappa shape index (κ2) is 3.39. The SMILES string of the molecule is CCC(=O)c1cccc(O)c1C. The molecule has 1 aromatic rings. The Morgan fingerprint density at radius 2 is 2.17 bits per heavy atom. The molecule has 2 nitrogen and oxygen atoms in total. The molecule has 64 valence electrons. The maximum Gasteiger partial charge on any atom is 0.163 e. The van der Waals surface area contributed by atoms with Crippen LogP contribution in [0.2, 0.25) is 0 Å². The van der Waals surface area contributed by atoms with Crippen LogP contribution in [0.3, 0.4) is 0 Å². The Kier molecular flexibility index (Phi) is 2.48. The number of carbonyl (C=O) groups excluding carboxylic acids is 1. The topological polar surface area (TPSA) is 37.3 Å². The summed E-state index contributed by atoms with van der Waals surface area (Å²) in [6.45, 7) is 3.56. The van der Waals surface area contributed by atoms with Crippen LogP contribution in [0.4, 0.5) is 0 Å². The molecule has 0 saturated carbocycles. The number of aromatic hydroxyl groups is 1. The Hall–Kier alpha value is -1.31. The first kappa shape index (κ1) is 8.78. The molecule has 1 aromatic carbocycles. The zero-order valence-electron chi connectivity index (χ0n) is 7.29. The lowest BCUT2D eigenvalue weighted by Gasteiger charge is -2.03. The molecule has 1 N–H and O–H groups in total. The monoisotopic (exact) mass is 164 g/mol. The summed E-state index contributed by atoms with van der Waals surface area (Å²) in [5.74, 6) is 0.262. The molecule has 1 rings (SSSR count). The molecule has 0 aliphatic rings. The number of benzene rings is 1. The summed E-state index contributed by atoms with van der Waals surface area (Å²) < 4.78 is 0. The lowest BCUT2D eigenvalue weighted by molar-refractivity contribution is 0.0987. The predicted molar refractivity (Wildman–Crippen MR) is 47.5 cm³/mol. The van der Waals surface area contributed by atoms with Crippen molar-refractivity contribution in [2.24, 2.45) is 0 Å². The summed E-state index contributed by atoms with van der Waals surface area (Å²) in [6.07, 6.45) is 0.476. The summed E-state index contributed by atoms with van der Waals surface area (Å²) in [5, 5.41) is 9.29. The van der Waals surface area contributed by atoms with Gasteiger partial charge in [0, 0.05) is 17.5 Å². The molecule has 12 heavy (non-hydrogen) atoms.